The summed E-state index contributed by atoms with van der Waals surface area (Å²) in [5.74, 6) is 0.0181. The van der Waals surface area contributed by atoms with E-state index < -0.39 is 36.4 Å². The Morgan fingerprint density at radius 1 is 1.28 bits per heavy atom. The molecule has 3 atom stereocenters. The first-order valence-corrected chi connectivity index (χ1v) is 11.0. The fourth-order valence-corrected chi connectivity index (χ4v) is 3.23. The summed E-state index contributed by atoms with van der Waals surface area (Å²) in [7, 11) is 0. The molecule has 7 heteroatoms. The van der Waals surface area contributed by atoms with Gasteiger partial charge < -0.3 is 15.1 Å². The molecule has 2 N–H and O–H groups in total. The number of alkyl halides is 2. The van der Waals surface area contributed by atoms with Crippen LogP contribution in [0.2, 0.25) is 0 Å². The third-order valence-electron chi connectivity index (χ3n) is 5.12. The van der Waals surface area contributed by atoms with Crippen molar-refractivity contribution in [2.45, 2.75) is 71.4 Å². The molecule has 1 aromatic rings. The highest BCUT2D eigenvalue weighted by Crippen LogP contribution is 2.34. The van der Waals surface area contributed by atoms with Gasteiger partial charge in [0.2, 0.25) is 0 Å². The van der Waals surface area contributed by atoms with Gasteiger partial charge >= 0.3 is 11.9 Å². The van der Waals surface area contributed by atoms with Crippen LogP contribution in [0.4, 0.5) is 8.78 Å². The molecule has 0 aromatic heterocycles. The molecule has 3 unspecified atom stereocenters. The van der Waals surface area contributed by atoms with Crippen LogP contribution < -0.4 is 0 Å². The van der Waals surface area contributed by atoms with Gasteiger partial charge in [-0.25, -0.2) is 4.79 Å². The van der Waals surface area contributed by atoms with Gasteiger partial charge in [-0.2, -0.15) is 8.78 Å². The quantitative estimate of drug-likeness (QED) is 0.451. The van der Waals surface area contributed by atoms with Crippen molar-refractivity contribution < 1.29 is 28.6 Å². The highest BCUT2D eigenvalue weighted by Gasteiger charge is 2.52. The first-order valence-electron chi connectivity index (χ1n) is 11.0. The van der Waals surface area contributed by atoms with Crippen LogP contribution in [-0.2, 0) is 11.2 Å². The minimum atomic E-state index is -3.44. The predicted octanol–water partition coefficient (Wildman–Crippen LogP) is 4.55. The van der Waals surface area contributed by atoms with E-state index in [2.05, 4.69) is 11.8 Å². The van der Waals surface area contributed by atoms with Crippen LogP contribution in [0.5, 0.6) is 0 Å². The summed E-state index contributed by atoms with van der Waals surface area (Å²) in [5.41, 5.74) is 0.879. The van der Waals surface area contributed by atoms with E-state index in [1.807, 2.05) is 27.7 Å². The molecular weight excluding hydrogens is 416 g/mol. The van der Waals surface area contributed by atoms with Crippen molar-refractivity contribution >= 4 is 11.9 Å². The van der Waals surface area contributed by atoms with Crippen LogP contribution in [0.15, 0.2) is 36.4 Å². The Kier molecular flexibility index (Phi) is 11.1. The summed E-state index contributed by atoms with van der Waals surface area (Å²) >= 11 is 0. The zero-order valence-corrected chi connectivity index (χ0v) is 19.1. The maximum atomic E-state index is 14.0. The van der Waals surface area contributed by atoms with Crippen molar-refractivity contribution in [3.8, 4) is 11.8 Å². The van der Waals surface area contributed by atoms with Crippen molar-refractivity contribution in [3.05, 3.63) is 47.5 Å². The molecule has 0 bridgehead atoms. The number of rotatable bonds is 8. The van der Waals surface area contributed by atoms with Gasteiger partial charge in [-0.05, 0) is 30.0 Å². The number of halogens is 2. The summed E-state index contributed by atoms with van der Waals surface area (Å²) in [6.07, 6.45) is 3.01. The van der Waals surface area contributed by atoms with E-state index in [4.69, 9.17) is 5.11 Å². The van der Waals surface area contributed by atoms with E-state index in [9.17, 15) is 23.5 Å². The third kappa shape index (κ3) is 7.76. The molecule has 1 fully saturated rings. The lowest BCUT2D eigenvalue weighted by Crippen LogP contribution is -2.37. The smallest absolute Gasteiger partial charge is 0.335 e. The molecule has 0 radical (unpaired) electrons. The van der Waals surface area contributed by atoms with Gasteiger partial charge in [0.05, 0.1) is 17.7 Å². The van der Waals surface area contributed by atoms with Crippen LogP contribution in [0.3, 0.4) is 0 Å². The molecule has 32 heavy (non-hydrogen) atoms. The molecular formula is C25H33F2NO4. The number of likely N-dealkylation sites (tertiary alicyclic amines) is 1. The summed E-state index contributed by atoms with van der Waals surface area (Å²) in [6, 6.07) is 5.28. The van der Waals surface area contributed by atoms with Gasteiger partial charge in [-0.15, -0.1) is 11.8 Å². The van der Waals surface area contributed by atoms with Gasteiger partial charge in [-0.3, -0.25) is 4.79 Å². The SMILES string of the molecule is CC.CCC#CCC(C)C(O)/C=C/C1CC(F)(F)C(=O)N1CCc1ccc(C(=O)O)cc1. The van der Waals surface area contributed by atoms with E-state index in [-0.39, 0.29) is 18.0 Å². The summed E-state index contributed by atoms with van der Waals surface area (Å²) < 4.78 is 28.0. The molecule has 0 saturated carbocycles. The number of carbonyl (C=O) groups excluding carboxylic acids is 1. The Hall–Kier alpha value is -2.72. The zero-order chi connectivity index (χ0) is 24.3. The highest BCUT2D eigenvalue weighted by atomic mass is 19.3. The normalized spacial score (nSPS) is 19.0. The van der Waals surface area contributed by atoms with Gasteiger partial charge in [-0.1, -0.05) is 52.0 Å². The number of hydrogen-bond acceptors (Lipinski definition) is 3. The van der Waals surface area contributed by atoms with Gasteiger partial charge in [0.15, 0.2) is 0 Å². The first kappa shape index (κ1) is 27.3. The number of benzene rings is 1. The van der Waals surface area contributed by atoms with Gasteiger partial charge in [0, 0.05) is 25.8 Å². The van der Waals surface area contributed by atoms with Crippen LogP contribution >= 0.6 is 0 Å². The number of hydrogen-bond donors (Lipinski definition) is 2. The number of aliphatic hydroxyl groups is 1. The second-order valence-electron chi connectivity index (χ2n) is 7.49. The maximum absolute atomic E-state index is 14.0. The minimum absolute atomic E-state index is 0.0729. The Morgan fingerprint density at radius 3 is 2.47 bits per heavy atom. The summed E-state index contributed by atoms with van der Waals surface area (Å²) in [4.78, 5) is 24.2. The predicted molar refractivity (Wildman–Crippen MR) is 121 cm³/mol. The van der Waals surface area contributed by atoms with Crippen molar-refractivity contribution in [2.24, 2.45) is 5.92 Å². The Balaban J connectivity index is 0.00000249. The number of carboxylic acids is 1. The first-order chi connectivity index (χ1) is 15.2. The standard InChI is InChI=1S/C23H27F2NO4.C2H6/c1-3-4-5-6-16(2)20(27)12-11-19-15-23(24,25)22(30)26(19)14-13-17-7-9-18(10-8-17)21(28)29;1-2/h7-12,16,19-20,27H,3,6,13-15H2,1-2H3,(H,28,29);1-2H3/b12-11+;. The van der Waals surface area contributed by atoms with Crippen molar-refractivity contribution in [3.63, 3.8) is 0 Å². The number of aliphatic hydroxyl groups excluding tert-OH is 1. The summed E-state index contributed by atoms with van der Waals surface area (Å²) in [6.45, 7) is 7.83. The Bertz CT molecular complexity index is 840. The van der Waals surface area contributed by atoms with E-state index >= 15 is 0 Å². The lowest BCUT2D eigenvalue weighted by atomic mass is 9.99. The molecule has 2 rings (SSSR count). The molecule has 0 spiro atoms. The molecule has 0 aliphatic carbocycles. The molecule has 1 aliphatic rings. The van der Waals surface area contributed by atoms with Crippen molar-refractivity contribution in [2.75, 3.05) is 6.54 Å². The number of carboxylic acid groups (broad SMARTS) is 1. The van der Waals surface area contributed by atoms with E-state index in [1.165, 1.54) is 24.3 Å². The Morgan fingerprint density at radius 2 is 1.91 bits per heavy atom. The number of nitrogens with zero attached hydrogens (tertiary/aromatic N) is 1. The van der Waals surface area contributed by atoms with Crippen LogP contribution in [0, 0.1) is 17.8 Å². The van der Waals surface area contributed by atoms with E-state index in [1.54, 1.807) is 12.1 Å². The average Bonchev–Trinajstić information content (AvgIpc) is 3.00. The van der Waals surface area contributed by atoms with E-state index in [0.29, 0.717) is 12.8 Å². The second-order valence-corrected chi connectivity index (χ2v) is 7.49. The molecule has 1 amide bonds. The number of amides is 1. The van der Waals surface area contributed by atoms with Crippen LogP contribution in [0.1, 0.15) is 62.9 Å². The van der Waals surface area contributed by atoms with Crippen molar-refractivity contribution in [1.82, 2.24) is 4.90 Å². The van der Waals surface area contributed by atoms with Gasteiger partial charge in [0.25, 0.3) is 5.91 Å². The topological polar surface area (TPSA) is 77.8 Å². The van der Waals surface area contributed by atoms with Crippen molar-refractivity contribution in [1.29, 1.82) is 0 Å². The molecule has 1 aromatic carbocycles. The number of aromatic carboxylic acids is 1. The lowest BCUT2D eigenvalue weighted by molar-refractivity contribution is -0.148. The number of carbonyl (C=O) groups is 2. The molecule has 1 aliphatic heterocycles. The lowest BCUT2D eigenvalue weighted by Gasteiger charge is -2.22. The second kappa shape index (κ2) is 13.0. The maximum Gasteiger partial charge on any atom is 0.335 e. The van der Waals surface area contributed by atoms with Gasteiger partial charge in [0.1, 0.15) is 0 Å². The average molecular weight is 450 g/mol. The van der Waals surface area contributed by atoms with Crippen LogP contribution in [0.25, 0.3) is 0 Å². The summed E-state index contributed by atoms with van der Waals surface area (Å²) in [5, 5.41) is 19.2. The largest absolute Gasteiger partial charge is 0.478 e. The van der Waals surface area contributed by atoms with Crippen LogP contribution in [-0.4, -0.2) is 51.6 Å². The fraction of sp³-hybridized carbons (Fsp3) is 0.520. The monoisotopic (exact) mass is 449 g/mol. The minimum Gasteiger partial charge on any atom is -0.478 e. The fourth-order valence-electron chi connectivity index (χ4n) is 3.23. The third-order valence-corrected chi connectivity index (χ3v) is 5.12. The molecule has 176 valence electrons. The molecule has 1 saturated heterocycles. The van der Waals surface area contributed by atoms with E-state index in [0.717, 1.165) is 16.9 Å². The molecule has 5 nitrogen and oxygen atoms in total. The highest BCUT2D eigenvalue weighted by molar-refractivity contribution is 5.87. The molecule has 1 heterocycles. The zero-order valence-electron chi connectivity index (χ0n) is 19.1. The Labute approximate surface area is 189 Å².